The van der Waals surface area contributed by atoms with Crippen molar-refractivity contribution in [2.24, 2.45) is 28.7 Å². The molecule has 1 aliphatic heterocycles. The van der Waals surface area contributed by atoms with Crippen LogP contribution in [-0.4, -0.2) is 187 Å². The molecule has 1 aliphatic rings. The highest BCUT2D eigenvalue weighted by atomic mass is 16.3. The Labute approximate surface area is 533 Å². The van der Waals surface area contributed by atoms with Crippen LogP contribution in [-0.2, 0) is 60.8 Å². The van der Waals surface area contributed by atoms with Gasteiger partial charge in [0.25, 0.3) is 5.91 Å². The first-order valence-electron chi connectivity index (χ1n) is 30.5. The largest absolute Gasteiger partial charge is 0.391 e. The Morgan fingerprint density at radius 3 is 1.37 bits per heavy atom. The van der Waals surface area contributed by atoms with E-state index in [1.807, 2.05) is 42.5 Å². The number of hydrogen-bond donors (Lipinski definition) is 18. The number of nitrogens with two attached hydrogens (primary N) is 5. The lowest BCUT2D eigenvalue weighted by molar-refractivity contribution is -0.136. The van der Waals surface area contributed by atoms with Crippen LogP contribution in [0.2, 0.25) is 0 Å². The maximum atomic E-state index is 14.9. The molecule has 5 rings (SSSR count). The van der Waals surface area contributed by atoms with Crippen LogP contribution in [0, 0.1) is 0 Å². The first kappa shape index (κ1) is 73.5. The fraction of sp³-hybridized carbons (Fsp3) is 0.444. The molecule has 0 radical (unpaired) electrons. The second-order valence-electron chi connectivity index (χ2n) is 22.2. The van der Waals surface area contributed by atoms with Crippen molar-refractivity contribution >= 4 is 65.0 Å². The fourth-order valence-corrected chi connectivity index (χ4v) is 9.91. The molecule has 23 N–H and O–H groups in total. The average molecular weight is 1280 g/mol. The van der Waals surface area contributed by atoms with E-state index < -0.39 is 151 Å². The van der Waals surface area contributed by atoms with Crippen LogP contribution in [0.1, 0.15) is 73.9 Å². The highest BCUT2D eigenvalue weighted by Gasteiger charge is 2.38. The minimum Gasteiger partial charge on any atom is -0.391 e. The first-order chi connectivity index (χ1) is 44.1. The molecular weight excluding hydrogens is 1190 g/mol. The molecule has 0 aliphatic carbocycles. The van der Waals surface area contributed by atoms with Gasteiger partial charge in [0.05, 0.1) is 12.2 Å². The summed E-state index contributed by atoms with van der Waals surface area (Å²) in [7, 11) is 0. The maximum Gasteiger partial charge on any atom is 0.251 e. The molecule has 4 aromatic rings. The molecule has 29 heteroatoms. The van der Waals surface area contributed by atoms with Gasteiger partial charge in [-0.15, -0.1) is 0 Å². The minimum absolute atomic E-state index is 0.0714. The Hall–Kier alpha value is -9.23. The van der Waals surface area contributed by atoms with Gasteiger partial charge in [-0.05, 0) is 119 Å². The zero-order chi connectivity index (χ0) is 67.3. The van der Waals surface area contributed by atoms with Crippen molar-refractivity contribution in [1.82, 2.24) is 58.5 Å². The van der Waals surface area contributed by atoms with Gasteiger partial charge < -0.3 is 97.4 Å². The number of hydrogen-bond acceptors (Lipinski definition) is 18. The van der Waals surface area contributed by atoms with Crippen molar-refractivity contribution in [2.75, 3.05) is 39.3 Å². The van der Waals surface area contributed by atoms with Gasteiger partial charge in [0.15, 0.2) is 0 Å². The second-order valence-corrected chi connectivity index (χ2v) is 22.2. The molecule has 1 saturated heterocycles. The molecule has 0 saturated carbocycles. The lowest BCUT2D eigenvalue weighted by Crippen LogP contribution is -2.62. The van der Waals surface area contributed by atoms with Crippen molar-refractivity contribution in [3.05, 3.63) is 132 Å². The summed E-state index contributed by atoms with van der Waals surface area (Å²) in [5.41, 5.74) is 32.7. The summed E-state index contributed by atoms with van der Waals surface area (Å²) in [6, 6.07) is 17.7. The van der Waals surface area contributed by atoms with E-state index in [4.69, 9.17) is 28.7 Å². The zero-order valence-electron chi connectivity index (χ0n) is 51.6. The van der Waals surface area contributed by atoms with Gasteiger partial charge >= 0.3 is 0 Å². The maximum absolute atomic E-state index is 14.9. The van der Waals surface area contributed by atoms with Crippen LogP contribution in [0.25, 0.3) is 11.1 Å². The molecule has 4 aromatic carbocycles. The van der Waals surface area contributed by atoms with Gasteiger partial charge in [0.2, 0.25) is 59.1 Å². The molecule has 11 amide bonds. The van der Waals surface area contributed by atoms with Gasteiger partial charge in [0.1, 0.15) is 60.4 Å². The Morgan fingerprint density at radius 1 is 0.467 bits per heavy atom. The number of rotatable bonds is 25. The normalized spacial score (nSPS) is 21.5. The first-order valence-corrected chi connectivity index (χ1v) is 30.5. The number of benzene rings is 4. The summed E-state index contributed by atoms with van der Waals surface area (Å²) in [4.78, 5) is 156. The molecule has 0 bridgehead atoms. The molecule has 1 heterocycles. The van der Waals surface area contributed by atoms with Crippen molar-refractivity contribution in [2.45, 2.75) is 138 Å². The van der Waals surface area contributed by atoms with Crippen molar-refractivity contribution in [3.63, 3.8) is 0 Å². The summed E-state index contributed by atoms with van der Waals surface area (Å²) in [6.45, 7) is 1.04. The third-order valence-electron chi connectivity index (χ3n) is 15.0. The Balaban J connectivity index is 1.53. The summed E-state index contributed by atoms with van der Waals surface area (Å²) in [6.07, 6.45) is -5.01. The third-order valence-corrected chi connectivity index (χ3v) is 15.0. The lowest BCUT2D eigenvalue weighted by atomic mass is 9.99. The monoisotopic (exact) mass is 1280 g/mol. The molecule has 0 aromatic heterocycles. The van der Waals surface area contributed by atoms with E-state index >= 15 is 0 Å². The van der Waals surface area contributed by atoms with E-state index in [1.54, 1.807) is 60.7 Å². The van der Waals surface area contributed by atoms with E-state index in [2.05, 4.69) is 58.5 Å². The fourth-order valence-electron chi connectivity index (χ4n) is 9.91. The Bertz CT molecular complexity index is 3090. The zero-order valence-corrected chi connectivity index (χ0v) is 51.6. The summed E-state index contributed by atoms with van der Waals surface area (Å²) < 4.78 is 0. The van der Waals surface area contributed by atoms with Crippen LogP contribution in [0.5, 0.6) is 0 Å². The quantitative estimate of drug-likeness (QED) is 0.0297. The van der Waals surface area contributed by atoms with Crippen LogP contribution in [0.4, 0.5) is 0 Å². The van der Waals surface area contributed by atoms with Crippen molar-refractivity contribution < 1.29 is 63.0 Å². The van der Waals surface area contributed by atoms with E-state index in [-0.39, 0.29) is 83.2 Å². The van der Waals surface area contributed by atoms with Crippen molar-refractivity contribution in [3.8, 4) is 11.1 Å². The highest BCUT2D eigenvalue weighted by molar-refractivity contribution is 6.00. The number of carbonyl (C=O) groups excluding carboxylic acids is 11. The summed E-state index contributed by atoms with van der Waals surface area (Å²) in [5.74, 6) is -10.3. The minimum atomic E-state index is -1.75. The van der Waals surface area contributed by atoms with Crippen LogP contribution >= 0.6 is 0 Å². The molecule has 12 atom stereocenters. The number of aliphatic hydroxyl groups is 2. The van der Waals surface area contributed by atoms with Gasteiger partial charge in [-0.25, -0.2) is 0 Å². The van der Waals surface area contributed by atoms with Gasteiger partial charge in [-0.3, -0.25) is 52.7 Å². The van der Waals surface area contributed by atoms with Crippen LogP contribution in [0.15, 0.2) is 115 Å². The molecule has 0 unspecified atom stereocenters. The van der Waals surface area contributed by atoms with E-state index in [1.165, 1.54) is 26.0 Å². The van der Waals surface area contributed by atoms with Gasteiger partial charge in [-0.1, -0.05) is 103 Å². The number of nitrogens with one attached hydrogen (secondary N) is 11. The molecule has 498 valence electrons. The van der Waals surface area contributed by atoms with E-state index in [0.717, 1.165) is 11.1 Å². The average Bonchev–Trinajstić information content (AvgIpc) is 1.39. The topological polar surface area (TPSA) is 491 Å². The summed E-state index contributed by atoms with van der Waals surface area (Å²) in [5, 5.41) is 49.9. The Kier molecular flexibility index (Phi) is 30.2. The number of aliphatic hydroxyl groups excluding tert-OH is 2. The number of carbonyl (C=O) groups is 11. The third kappa shape index (κ3) is 22.9. The SMILES string of the molecule is C[C@@H](O)[C@@H]1NC(=O)[C@H](CCN)NC(=O)[C@H](CCN)NC(=O)[C@H](Cc2ccccc2)NC(=O)[C@@H](Cc2ccc(-c3ccccc3)cc2)NC(=O)[C@H](CCN)NC(=O)[C@@H](NC(=O)[C@H](CCN)NC(=O)[C@@H](NC(=O)[C@H](CCN)NC(=O)c2ccccc2)[C@@H](C)O)CCNC1=O. The molecular formula is C63H88N16O13. The van der Waals surface area contributed by atoms with Gasteiger partial charge in [0, 0.05) is 24.9 Å². The summed E-state index contributed by atoms with van der Waals surface area (Å²) >= 11 is 0. The molecule has 0 spiro atoms. The molecule has 29 nitrogen and oxygen atoms in total. The lowest BCUT2D eigenvalue weighted by Gasteiger charge is -2.28. The standard InChI is InChI=1S/C63H88N16O13/c1-36(80)51-62(91)69-33-27-48(74-55(84)45(24-30-66)75-63(92)52(37(2)81)79-58(87)46(25-31-67)70-53(82)42-16-10-5-11-17-42)57(86)71-44(23-29-65)56(85)76-50(35-39-18-20-41(21-19-39)40-14-8-4-9-15-40)61(90)77-49(34-38-12-6-3-7-13-38)60(89)73-43(22-28-64)54(83)72-47(26-32-68)59(88)78-51/h3-21,36-37,43-52,80-81H,22-35,64-68H2,1-2H3,(H,69,91)(H,70,82)(H,71,86)(H,72,83)(H,73,89)(H,74,84)(H,75,92)(H,76,85)(H,77,90)(H,78,88)(H,79,87)/t36-,37-,43+,44+,45+,46+,47+,48+,49+,50-,51+,52+/m1/s1. The molecule has 92 heavy (non-hydrogen) atoms. The van der Waals surface area contributed by atoms with Crippen LogP contribution < -0.4 is 87.2 Å². The van der Waals surface area contributed by atoms with Crippen molar-refractivity contribution in [1.29, 1.82) is 0 Å². The highest BCUT2D eigenvalue weighted by Crippen LogP contribution is 2.20. The smallest absolute Gasteiger partial charge is 0.251 e. The van der Waals surface area contributed by atoms with Crippen LogP contribution in [0.3, 0.4) is 0 Å². The number of amides is 11. The second kappa shape index (κ2) is 37.8. The van der Waals surface area contributed by atoms with Gasteiger partial charge in [-0.2, -0.15) is 0 Å². The predicted octanol–water partition coefficient (Wildman–Crippen LogP) is -4.67. The van der Waals surface area contributed by atoms with E-state index in [9.17, 15) is 63.0 Å². The predicted molar refractivity (Wildman–Crippen MR) is 340 cm³/mol. The van der Waals surface area contributed by atoms with E-state index in [0.29, 0.717) is 11.1 Å². The Morgan fingerprint density at radius 2 is 0.891 bits per heavy atom. The molecule has 1 fully saturated rings.